The summed E-state index contributed by atoms with van der Waals surface area (Å²) in [6, 6.07) is 16.4. The van der Waals surface area contributed by atoms with Crippen molar-refractivity contribution in [3.63, 3.8) is 0 Å². The van der Waals surface area contributed by atoms with E-state index in [1.54, 1.807) is 18.6 Å². The number of hydrogen-bond acceptors (Lipinski definition) is 6. The molecule has 1 saturated heterocycles. The topological polar surface area (TPSA) is 101 Å². The molecule has 2 aromatic heterocycles. The summed E-state index contributed by atoms with van der Waals surface area (Å²) in [7, 11) is 0. The Kier molecular flexibility index (Phi) is 9.42. The number of amides is 1. The van der Waals surface area contributed by atoms with Crippen LogP contribution in [-0.4, -0.2) is 62.0 Å². The van der Waals surface area contributed by atoms with Gasteiger partial charge < -0.3 is 24.0 Å². The minimum atomic E-state index is -1.67. The van der Waals surface area contributed by atoms with Gasteiger partial charge in [0.25, 0.3) is 11.5 Å². The zero-order valence-corrected chi connectivity index (χ0v) is 25.9. The average molecular weight is 672 g/mol. The molecule has 1 fully saturated rings. The first-order valence-electron chi connectivity index (χ1n) is 15.3. The molecule has 0 atom stereocenters. The molecule has 1 amide bonds. The van der Waals surface area contributed by atoms with Gasteiger partial charge in [-0.1, -0.05) is 24.3 Å². The van der Waals surface area contributed by atoms with Gasteiger partial charge in [0.1, 0.15) is 11.6 Å². The molecule has 0 radical (unpaired) electrons. The zero-order chi connectivity index (χ0) is 34.7. The number of rotatable bonds is 9. The molecule has 0 unspecified atom stereocenters. The molecule has 9 nitrogen and oxygen atoms in total. The fraction of sp³-hybridized carbons (Fsp3) is 0.167. The van der Waals surface area contributed by atoms with Crippen molar-refractivity contribution in [1.82, 2.24) is 19.0 Å². The number of carbonyl (C=O) groups is 2. The Labute approximate surface area is 277 Å². The minimum Gasteiger partial charge on any atom is -0.507 e. The van der Waals surface area contributed by atoms with Gasteiger partial charge in [-0.25, -0.2) is 22.5 Å². The molecule has 6 rings (SSSR count). The SMILES string of the molecule is O=C(C=C(O)c1cc(Cc2ccc(F)c(F)c2F)cn(Cc2ccccc2F)c1=O)C(=O)N1CCN(c2ccc(-n3ccnc3)cc2)CC1. The Morgan fingerprint density at radius 3 is 2.24 bits per heavy atom. The summed E-state index contributed by atoms with van der Waals surface area (Å²) in [5.74, 6) is -7.89. The number of anilines is 1. The maximum Gasteiger partial charge on any atom is 0.294 e. The van der Waals surface area contributed by atoms with Crippen LogP contribution in [0.4, 0.5) is 23.2 Å². The third-order valence-electron chi connectivity index (χ3n) is 8.29. The molecular weight excluding hydrogens is 642 g/mol. The van der Waals surface area contributed by atoms with E-state index in [9.17, 15) is 37.1 Å². The monoisotopic (exact) mass is 671 g/mol. The summed E-state index contributed by atoms with van der Waals surface area (Å²) in [5, 5.41) is 11.0. The van der Waals surface area contributed by atoms with E-state index in [0.29, 0.717) is 19.2 Å². The highest BCUT2D eigenvalue weighted by atomic mass is 19.2. The van der Waals surface area contributed by atoms with Crippen molar-refractivity contribution < 1.29 is 32.3 Å². The molecule has 250 valence electrons. The second kappa shape index (κ2) is 14.0. The smallest absolute Gasteiger partial charge is 0.294 e. The molecule has 0 saturated carbocycles. The van der Waals surface area contributed by atoms with E-state index >= 15 is 0 Å². The van der Waals surface area contributed by atoms with Crippen LogP contribution in [0.1, 0.15) is 22.3 Å². The van der Waals surface area contributed by atoms with Crippen LogP contribution < -0.4 is 10.5 Å². The van der Waals surface area contributed by atoms with E-state index in [1.165, 1.54) is 29.3 Å². The van der Waals surface area contributed by atoms with E-state index in [0.717, 1.165) is 34.1 Å². The number of aliphatic hydroxyl groups is 1. The third kappa shape index (κ3) is 7.15. The molecule has 0 aliphatic carbocycles. The standard InChI is InChI=1S/C36H29F4N5O4/c37-29-4-2-1-3-25(29)21-45-20-23(17-24-5-10-30(38)34(40)33(24)39)18-28(35(45)48)31(46)19-32(47)36(49)43-15-13-42(14-16-43)26-6-8-27(9-7-26)44-12-11-41-22-44/h1-12,18-20,22,46H,13-17,21H2. The number of ketones is 1. The van der Waals surface area contributed by atoms with Gasteiger partial charge in [0.05, 0.1) is 18.4 Å². The number of carbonyl (C=O) groups excluding carboxylic acids is 2. The van der Waals surface area contributed by atoms with Gasteiger partial charge in [-0.15, -0.1) is 0 Å². The molecule has 3 aromatic carbocycles. The Bertz CT molecular complexity index is 2110. The lowest BCUT2D eigenvalue weighted by atomic mass is 10.0. The largest absolute Gasteiger partial charge is 0.507 e. The van der Waals surface area contributed by atoms with Gasteiger partial charge >= 0.3 is 0 Å². The summed E-state index contributed by atoms with van der Waals surface area (Å²) >= 11 is 0. The zero-order valence-electron chi connectivity index (χ0n) is 25.9. The molecule has 1 aliphatic heterocycles. The second-order valence-electron chi connectivity index (χ2n) is 11.5. The first-order valence-corrected chi connectivity index (χ1v) is 15.3. The number of nitrogens with zero attached hydrogens (tertiary/aromatic N) is 5. The Balaban J connectivity index is 1.20. The highest BCUT2D eigenvalue weighted by molar-refractivity contribution is 6.41. The number of aliphatic hydroxyl groups excluding tert-OH is 1. The van der Waals surface area contributed by atoms with Crippen LogP contribution in [0.3, 0.4) is 0 Å². The van der Waals surface area contributed by atoms with Crippen molar-refractivity contribution in [2.45, 2.75) is 13.0 Å². The molecule has 1 N–H and O–H groups in total. The van der Waals surface area contributed by atoms with Crippen LogP contribution in [0.15, 0.2) is 103 Å². The highest BCUT2D eigenvalue weighted by Gasteiger charge is 2.26. The van der Waals surface area contributed by atoms with Gasteiger partial charge in [-0.3, -0.25) is 14.4 Å². The number of imidazole rings is 1. The number of aromatic nitrogens is 3. The van der Waals surface area contributed by atoms with E-state index in [2.05, 4.69) is 9.88 Å². The lowest BCUT2D eigenvalue weighted by molar-refractivity contribution is -0.142. The van der Waals surface area contributed by atoms with Crippen molar-refractivity contribution in [2.75, 3.05) is 31.1 Å². The van der Waals surface area contributed by atoms with Gasteiger partial charge in [0.15, 0.2) is 17.5 Å². The summed E-state index contributed by atoms with van der Waals surface area (Å²) in [4.78, 5) is 47.0. The van der Waals surface area contributed by atoms with E-state index in [1.807, 2.05) is 35.0 Å². The number of halogens is 4. The van der Waals surface area contributed by atoms with Crippen molar-refractivity contribution in [3.05, 3.63) is 154 Å². The summed E-state index contributed by atoms with van der Waals surface area (Å²) < 4.78 is 59.4. The summed E-state index contributed by atoms with van der Waals surface area (Å²) in [5.41, 5.74) is 0.645. The summed E-state index contributed by atoms with van der Waals surface area (Å²) in [6.07, 6.45) is 6.77. The molecule has 3 heterocycles. The molecule has 5 aromatic rings. The Morgan fingerprint density at radius 2 is 1.55 bits per heavy atom. The quantitative estimate of drug-likeness (QED) is 0.0775. The average Bonchev–Trinajstić information content (AvgIpc) is 3.66. The molecule has 0 spiro atoms. The first-order chi connectivity index (χ1) is 23.6. The Morgan fingerprint density at radius 1 is 0.837 bits per heavy atom. The molecule has 49 heavy (non-hydrogen) atoms. The fourth-order valence-electron chi connectivity index (χ4n) is 5.66. The molecule has 13 heteroatoms. The van der Waals surface area contributed by atoms with Gasteiger partial charge in [0.2, 0.25) is 5.78 Å². The molecular formula is C36H29F4N5O4. The van der Waals surface area contributed by atoms with Crippen LogP contribution in [0.25, 0.3) is 11.4 Å². The van der Waals surface area contributed by atoms with E-state index in [-0.39, 0.29) is 42.7 Å². The van der Waals surface area contributed by atoms with Crippen LogP contribution >= 0.6 is 0 Å². The third-order valence-corrected chi connectivity index (χ3v) is 8.29. The highest BCUT2D eigenvalue weighted by Crippen LogP contribution is 2.22. The van der Waals surface area contributed by atoms with E-state index in [4.69, 9.17) is 0 Å². The number of piperazine rings is 1. The molecule has 0 bridgehead atoms. The van der Waals surface area contributed by atoms with Gasteiger partial charge in [-0.05, 0) is 53.6 Å². The van der Waals surface area contributed by atoms with Gasteiger partial charge in [-0.2, -0.15) is 0 Å². The van der Waals surface area contributed by atoms with Crippen molar-refractivity contribution >= 4 is 23.1 Å². The number of hydrogen-bond donors (Lipinski definition) is 1. The van der Waals surface area contributed by atoms with E-state index < -0.39 is 51.8 Å². The van der Waals surface area contributed by atoms with Crippen molar-refractivity contribution in [3.8, 4) is 5.69 Å². The normalized spacial score (nSPS) is 13.5. The van der Waals surface area contributed by atoms with Crippen LogP contribution in [0.5, 0.6) is 0 Å². The number of benzene rings is 3. The molecule has 1 aliphatic rings. The second-order valence-corrected chi connectivity index (χ2v) is 11.5. The summed E-state index contributed by atoms with van der Waals surface area (Å²) in [6.45, 7) is 1.05. The Hall–Kier alpha value is -5.98. The number of pyridine rings is 1. The maximum atomic E-state index is 14.5. The van der Waals surface area contributed by atoms with Crippen LogP contribution in [0.2, 0.25) is 0 Å². The van der Waals surface area contributed by atoms with Crippen molar-refractivity contribution in [1.29, 1.82) is 0 Å². The lowest BCUT2D eigenvalue weighted by Crippen LogP contribution is -2.50. The van der Waals surface area contributed by atoms with Gasteiger partial charge in [0, 0.05) is 74.2 Å². The van der Waals surface area contributed by atoms with Crippen LogP contribution in [0, 0.1) is 23.3 Å². The fourth-order valence-corrected chi connectivity index (χ4v) is 5.66. The lowest BCUT2D eigenvalue weighted by Gasteiger charge is -2.35. The first kappa shape index (κ1) is 32.9. The van der Waals surface area contributed by atoms with Crippen molar-refractivity contribution in [2.24, 2.45) is 0 Å². The minimum absolute atomic E-state index is 0.120. The predicted octanol–water partition coefficient (Wildman–Crippen LogP) is 5.05. The predicted molar refractivity (Wildman–Crippen MR) is 173 cm³/mol. The van der Waals surface area contributed by atoms with Crippen LogP contribution in [-0.2, 0) is 22.6 Å². The maximum absolute atomic E-state index is 14.5.